The smallest absolute Gasteiger partial charge is 0.274 e. The molecular formula is C18H17NO2S. The van der Waals surface area contributed by atoms with Crippen LogP contribution in [0, 0.1) is 6.92 Å². The summed E-state index contributed by atoms with van der Waals surface area (Å²) in [7, 11) is 1.66. The van der Waals surface area contributed by atoms with Gasteiger partial charge in [0.2, 0.25) is 0 Å². The third-order valence-corrected chi connectivity index (χ3v) is 4.23. The fourth-order valence-corrected chi connectivity index (χ4v) is 2.81. The zero-order chi connectivity index (χ0) is 15.4. The second-order valence-electron chi connectivity index (χ2n) is 4.94. The van der Waals surface area contributed by atoms with Gasteiger partial charge >= 0.3 is 0 Å². The third kappa shape index (κ3) is 3.28. The molecule has 1 heterocycles. The highest BCUT2D eigenvalue weighted by atomic mass is 32.1. The average Bonchev–Trinajstić information content (AvgIpc) is 3.03. The van der Waals surface area contributed by atoms with Crippen LogP contribution in [0.3, 0.4) is 0 Å². The largest absolute Gasteiger partial charge is 0.497 e. The number of benzene rings is 2. The minimum absolute atomic E-state index is 0.544. The Morgan fingerprint density at radius 2 is 1.82 bits per heavy atom. The molecule has 0 aliphatic carbocycles. The molecule has 0 amide bonds. The van der Waals surface area contributed by atoms with Gasteiger partial charge in [-0.25, -0.2) is 4.98 Å². The Hall–Kier alpha value is -2.33. The highest BCUT2D eigenvalue weighted by molar-refractivity contribution is 7.11. The number of rotatable bonds is 5. The minimum Gasteiger partial charge on any atom is -0.497 e. The third-order valence-electron chi connectivity index (χ3n) is 3.48. The van der Waals surface area contributed by atoms with E-state index in [0.29, 0.717) is 11.8 Å². The van der Waals surface area contributed by atoms with Gasteiger partial charge in [-0.15, -0.1) is 0 Å². The fourth-order valence-electron chi connectivity index (χ4n) is 2.13. The normalized spacial score (nSPS) is 10.5. The van der Waals surface area contributed by atoms with Crippen molar-refractivity contribution in [3.63, 3.8) is 0 Å². The Morgan fingerprint density at radius 3 is 2.55 bits per heavy atom. The van der Waals surface area contributed by atoms with Crippen LogP contribution in [0.15, 0.2) is 53.9 Å². The van der Waals surface area contributed by atoms with Crippen LogP contribution in [0.2, 0.25) is 0 Å². The highest BCUT2D eigenvalue weighted by Gasteiger charge is 2.06. The number of methoxy groups -OCH3 is 1. The van der Waals surface area contributed by atoms with Crippen molar-refractivity contribution in [2.45, 2.75) is 13.5 Å². The van der Waals surface area contributed by atoms with Crippen LogP contribution < -0.4 is 9.47 Å². The molecule has 0 spiro atoms. The van der Waals surface area contributed by atoms with Crippen LogP contribution in [0.4, 0.5) is 0 Å². The van der Waals surface area contributed by atoms with Gasteiger partial charge in [0.15, 0.2) is 0 Å². The molecule has 1 aromatic heterocycles. The van der Waals surface area contributed by atoms with Crippen molar-refractivity contribution in [2.24, 2.45) is 0 Å². The number of nitrogens with zero attached hydrogens (tertiary/aromatic N) is 1. The number of hydrogen-bond donors (Lipinski definition) is 0. The number of ether oxygens (including phenoxy) is 2. The SMILES string of the molecule is COc1ccc(-c2csc(OCc3ccccc3C)n2)cc1. The van der Waals surface area contributed by atoms with Gasteiger partial charge in [-0.1, -0.05) is 35.6 Å². The van der Waals surface area contributed by atoms with E-state index in [0.717, 1.165) is 17.0 Å². The fraction of sp³-hybridized carbons (Fsp3) is 0.167. The number of aryl methyl sites for hydroxylation is 1. The average molecular weight is 311 g/mol. The molecule has 0 aliphatic rings. The first-order valence-electron chi connectivity index (χ1n) is 7.03. The monoisotopic (exact) mass is 311 g/mol. The number of aromatic nitrogens is 1. The predicted octanol–water partition coefficient (Wildman–Crippen LogP) is 4.71. The van der Waals surface area contributed by atoms with Crippen molar-refractivity contribution in [3.05, 3.63) is 65.0 Å². The molecule has 0 aliphatic heterocycles. The van der Waals surface area contributed by atoms with Crippen LogP contribution in [-0.2, 0) is 6.61 Å². The summed E-state index contributed by atoms with van der Waals surface area (Å²) < 4.78 is 11.0. The van der Waals surface area contributed by atoms with E-state index in [4.69, 9.17) is 9.47 Å². The van der Waals surface area contributed by atoms with E-state index in [1.54, 1.807) is 7.11 Å². The summed E-state index contributed by atoms with van der Waals surface area (Å²) in [4.78, 5) is 4.54. The van der Waals surface area contributed by atoms with E-state index < -0.39 is 0 Å². The van der Waals surface area contributed by atoms with Crippen molar-refractivity contribution in [1.82, 2.24) is 4.98 Å². The summed E-state index contributed by atoms with van der Waals surface area (Å²) >= 11 is 1.51. The van der Waals surface area contributed by atoms with Gasteiger partial charge in [0.05, 0.1) is 12.8 Å². The first-order chi connectivity index (χ1) is 10.8. The van der Waals surface area contributed by atoms with Gasteiger partial charge in [-0.2, -0.15) is 0 Å². The van der Waals surface area contributed by atoms with Gasteiger partial charge in [0, 0.05) is 10.9 Å². The highest BCUT2D eigenvalue weighted by Crippen LogP contribution is 2.28. The maximum atomic E-state index is 5.80. The second kappa shape index (κ2) is 6.62. The molecule has 112 valence electrons. The lowest BCUT2D eigenvalue weighted by atomic mass is 10.1. The van der Waals surface area contributed by atoms with Crippen LogP contribution in [0.25, 0.3) is 11.3 Å². The molecule has 0 saturated heterocycles. The lowest BCUT2D eigenvalue weighted by Crippen LogP contribution is -1.97. The zero-order valence-electron chi connectivity index (χ0n) is 12.6. The second-order valence-corrected chi connectivity index (χ2v) is 5.76. The topological polar surface area (TPSA) is 31.4 Å². The van der Waals surface area contributed by atoms with Crippen LogP contribution in [0.1, 0.15) is 11.1 Å². The lowest BCUT2D eigenvalue weighted by molar-refractivity contribution is 0.304. The predicted molar refractivity (Wildman–Crippen MR) is 89.6 cm³/mol. The summed E-state index contributed by atoms with van der Waals surface area (Å²) in [6.45, 7) is 2.63. The molecule has 0 unspecified atom stereocenters. The molecule has 0 fully saturated rings. The van der Waals surface area contributed by atoms with E-state index in [2.05, 4.69) is 24.0 Å². The lowest BCUT2D eigenvalue weighted by Gasteiger charge is -2.05. The summed E-state index contributed by atoms with van der Waals surface area (Å²) in [5.41, 5.74) is 4.40. The summed E-state index contributed by atoms with van der Waals surface area (Å²) in [6, 6.07) is 16.1. The number of thiazole rings is 1. The van der Waals surface area contributed by atoms with E-state index in [1.807, 2.05) is 41.8 Å². The quantitative estimate of drug-likeness (QED) is 0.684. The molecule has 0 N–H and O–H groups in total. The molecule has 0 saturated carbocycles. The Morgan fingerprint density at radius 1 is 1.05 bits per heavy atom. The van der Waals surface area contributed by atoms with E-state index in [1.165, 1.54) is 22.5 Å². The van der Waals surface area contributed by atoms with E-state index in [9.17, 15) is 0 Å². The summed E-state index contributed by atoms with van der Waals surface area (Å²) in [5.74, 6) is 0.843. The van der Waals surface area contributed by atoms with Gasteiger partial charge in [0.25, 0.3) is 5.19 Å². The maximum Gasteiger partial charge on any atom is 0.274 e. The molecule has 3 rings (SSSR count). The van der Waals surface area contributed by atoms with Gasteiger partial charge in [0.1, 0.15) is 12.4 Å². The molecule has 3 aromatic rings. The first-order valence-corrected chi connectivity index (χ1v) is 7.91. The molecule has 0 radical (unpaired) electrons. The molecule has 2 aromatic carbocycles. The Balaban J connectivity index is 1.69. The Kier molecular flexibility index (Phi) is 4.39. The van der Waals surface area contributed by atoms with Gasteiger partial charge in [-0.3, -0.25) is 0 Å². The van der Waals surface area contributed by atoms with Gasteiger partial charge in [-0.05, 0) is 42.3 Å². The first kappa shape index (κ1) is 14.6. The van der Waals surface area contributed by atoms with E-state index in [-0.39, 0.29) is 0 Å². The molecule has 0 atom stereocenters. The Bertz CT molecular complexity index is 750. The van der Waals surface area contributed by atoms with Crippen molar-refractivity contribution in [1.29, 1.82) is 0 Å². The van der Waals surface area contributed by atoms with Crippen LogP contribution in [0.5, 0.6) is 10.9 Å². The van der Waals surface area contributed by atoms with Gasteiger partial charge < -0.3 is 9.47 Å². The molecule has 3 nitrogen and oxygen atoms in total. The van der Waals surface area contributed by atoms with E-state index >= 15 is 0 Å². The van der Waals surface area contributed by atoms with Crippen molar-refractivity contribution >= 4 is 11.3 Å². The van der Waals surface area contributed by atoms with Crippen LogP contribution in [-0.4, -0.2) is 12.1 Å². The summed E-state index contributed by atoms with van der Waals surface area (Å²) in [5, 5.41) is 2.70. The zero-order valence-corrected chi connectivity index (χ0v) is 13.4. The standard InChI is InChI=1S/C18H17NO2S/c1-13-5-3-4-6-15(13)11-21-18-19-17(12-22-18)14-7-9-16(20-2)10-8-14/h3-10,12H,11H2,1-2H3. The molecule has 22 heavy (non-hydrogen) atoms. The summed E-state index contributed by atoms with van der Waals surface area (Å²) in [6.07, 6.45) is 0. The van der Waals surface area contributed by atoms with Crippen LogP contribution >= 0.6 is 11.3 Å². The van der Waals surface area contributed by atoms with Crippen molar-refractivity contribution in [3.8, 4) is 22.2 Å². The molecule has 0 bridgehead atoms. The minimum atomic E-state index is 0.544. The van der Waals surface area contributed by atoms with Crippen molar-refractivity contribution in [2.75, 3.05) is 7.11 Å². The Labute approximate surface area is 134 Å². The maximum absolute atomic E-state index is 5.80. The molecule has 4 heteroatoms. The van der Waals surface area contributed by atoms with Crippen molar-refractivity contribution < 1.29 is 9.47 Å². The molecular weight excluding hydrogens is 294 g/mol. The number of hydrogen-bond acceptors (Lipinski definition) is 4.